The van der Waals surface area contributed by atoms with Gasteiger partial charge in [-0.1, -0.05) is 29.2 Å². The largest absolute Gasteiger partial charge is 0.393 e. The fraction of sp³-hybridized carbons (Fsp3) is 0.778. The Morgan fingerprint density at radius 2 is 1.81 bits per heavy atom. The molecule has 0 radical (unpaired) electrons. The Hall–Kier alpha value is -1.12. The van der Waals surface area contributed by atoms with Crippen LogP contribution in [0.3, 0.4) is 0 Å². The number of aliphatic hydroxyl groups is 2. The average molecular weight is 429 g/mol. The summed E-state index contributed by atoms with van der Waals surface area (Å²) in [6, 6.07) is 0. The molecular formula is C27H40O4. The summed E-state index contributed by atoms with van der Waals surface area (Å²) in [5.41, 5.74) is 3.07. The maximum Gasteiger partial charge on any atom is 0.149 e. The third-order valence-corrected chi connectivity index (χ3v) is 7.62. The molecule has 1 unspecified atom stereocenters. The minimum Gasteiger partial charge on any atom is -0.393 e. The first kappa shape index (κ1) is 23.1. The van der Waals surface area contributed by atoms with Crippen molar-refractivity contribution in [3.63, 3.8) is 0 Å². The van der Waals surface area contributed by atoms with E-state index in [1.807, 2.05) is 6.92 Å². The minimum atomic E-state index is -0.385. The molecule has 1 spiro atoms. The van der Waals surface area contributed by atoms with Gasteiger partial charge in [0.1, 0.15) is 5.60 Å². The van der Waals surface area contributed by atoms with Crippen LogP contribution in [0.25, 0.3) is 0 Å². The van der Waals surface area contributed by atoms with Crippen LogP contribution in [0.5, 0.6) is 0 Å². The van der Waals surface area contributed by atoms with E-state index >= 15 is 0 Å². The first-order chi connectivity index (χ1) is 14.9. The van der Waals surface area contributed by atoms with E-state index in [0.29, 0.717) is 30.8 Å². The zero-order valence-corrected chi connectivity index (χ0v) is 19.2. The van der Waals surface area contributed by atoms with E-state index in [4.69, 9.17) is 9.47 Å². The Bertz CT molecular complexity index is 716. The lowest BCUT2D eigenvalue weighted by Gasteiger charge is -2.43. The smallest absolute Gasteiger partial charge is 0.149 e. The predicted molar refractivity (Wildman–Crippen MR) is 123 cm³/mol. The molecule has 3 saturated carbocycles. The molecule has 31 heavy (non-hydrogen) atoms. The van der Waals surface area contributed by atoms with E-state index in [-0.39, 0.29) is 17.8 Å². The Morgan fingerprint density at radius 1 is 1.10 bits per heavy atom. The van der Waals surface area contributed by atoms with Crippen molar-refractivity contribution in [2.45, 2.75) is 114 Å². The first-order valence-electron chi connectivity index (χ1n) is 12.4. The molecule has 172 valence electrons. The number of unbranched alkanes of at least 4 members (excludes halogenated alkanes) is 1. The average Bonchev–Trinajstić information content (AvgIpc) is 3.47. The molecule has 4 rings (SSSR count). The summed E-state index contributed by atoms with van der Waals surface area (Å²) >= 11 is 0. The SMILES string of the molecule is CC1(C#CCCCOC2CCC3(CCC/C(=C\C=C4C[C@H](O)C[C@@H](O)C4)C3)CC2)CO1. The molecule has 0 aromatic rings. The molecule has 0 aromatic heterocycles. The second kappa shape index (κ2) is 10.2. The molecular weight excluding hydrogens is 388 g/mol. The number of aliphatic hydroxyl groups excluding tert-OH is 2. The lowest BCUT2D eigenvalue weighted by atomic mass is 9.63. The van der Waals surface area contributed by atoms with Crippen LogP contribution in [-0.4, -0.2) is 47.3 Å². The van der Waals surface area contributed by atoms with E-state index in [9.17, 15) is 10.2 Å². The lowest BCUT2D eigenvalue weighted by Crippen LogP contribution is -2.33. The Balaban J connectivity index is 1.19. The number of hydrogen-bond donors (Lipinski definition) is 2. The highest BCUT2D eigenvalue weighted by atomic mass is 16.6. The highest BCUT2D eigenvalue weighted by molar-refractivity contribution is 5.22. The van der Waals surface area contributed by atoms with Crippen molar-refractivity contribution in [2.24, 2.45) is 5.41 Å². The van der Waals surface area contributed by atoms with E-state index in [1.54, 1.807) is 5.57 Å². The molecule has 4 fully saturated rings. The van der Waals surface area contributed by atoms with E-state index < -0.39 is 0 Å². The van der Waals surface area contributed by atoms with Gasteiger partial charge in [0, 0.05) is 13.0 Å². The van der Waals surface area contributed by atoms with Gasteiger partial charge in [0.2, 0.25) is 0 Å². The molecule has 4 aliphatic rings. The van der Waals surface area contributed by atoms with E-state index in [1.165, 1.54) is 56.9 Å². The van der Waals surface area contributed by atoms with Crippen molar-refractivity contribution >= 4 is 0 Å². The fourth-order valence-electron chi connectivity index (χ4n) is 5.67. The van der Waals surface area contributed by atoms with Gasteiger partial charge in [-0.25, -0.2) is 0 Å². The number of hydrogen-bond acceptors (Lipinski definition) is 4. The van der Waals surface area contributed by atoms with Gasteiger partial charge in [-0.3, -0.25) is 0 Å². The quantitative estimate of drug-likeness (QED) is 0.374. The van der Waals surface area contributed by atoms with Crippen molar-refractivity contribution in [2.75, 3.05) is 13.2 Å². The van der Waals surface area contributed by atoms with Gasteiger partial charge in [0.25, 0.3) is 0 Å². The second-order valence-electron chi connectivity index (χ2n) is 10.6. The summed E-state index contributed by atoms with van der Waals surface area (Å²) in [5, 5.41) is 19.8. The van der Waals surface area contributed by atoms with Crippen LogP contribution < -0.4 is 0 Å². The summed E-state index contributed by atoms with van der Waals surface area (Å²) in [5.74, 6) is 6.41. The van der Waals surface area contributed by atoms with Crippen LogP contribution in [0.4, 0.5) is 0 Å². The molecule has 1 aliphatic heterocycles. The summed E-state index contributed by atoms with van der Waals surface area (Å²) in [7, 11) is 0. The standard InChI is InChI=1S/C27H40O4/c1-26(20-31-26)11-3-2-4-15-30-25-9-13-27(14-10-25)12-5-6-21(19-27)7-8-22-16-23(28)18-24(29)17-22/h7-8,23-25,28-29H,2,4-6,9-10,12-20H2,1H3/b21-7+/t23-,24-,25?,26?,27?/m0/s1. The summed E-state index contributed by atoms with van der Waals surface area (Å²) in [6.45, 7) is 3.64. The number of ether oxygens (including phenoxy) is 2. The molecule has 2 N–H and O–H groups in total. The van der Waals surface area contributed by atoms with Crippen LogP contribution in [0, 0.1) is 17.3 Å². The van der Waals surface area contributed by atoms with Crippen molar-refractivity contribution in [1.29, 1.82) is 0 Å². The minimum absolute atomic E-state index is 0.152. The molecule has 1 saturated heterocycles. The predicted octanol–water partition coefficient (Wildman–Crippen LogP) is 4.84. The Labute approximate surface area is 188 Å². The summed E-state index contributed by atoms with van der Waals surface area (Å²) in [6.07, 6.45) is 18.0. The molecule has 0 bridgehead atoms. The van der Waals surface area contributed by atoms with Gasteiger partial charge in [0.15, 0.2) is 0 Å². The summed E-state index contributed by atoms with van der Waals surface area (Å²) in [4.78, 5) is 0. The third-order valence-electron chi connectivity index (χ3n) is 7.62. The molecule has 1 heterocycles. The topological polar surface area (TPSA) is 62.2 Å². The Kier molecular flexibility index (Phi) is 7.60. The van der Waals surface area contributed by atoms with Gasteiger partial charge >= 0.3 is 0 Å². The fourth-order valence-corrected chi connectivity index (χ4v) is 5.67. The highest BCUT2D eigenvalue weighted by Gasteiger charge is 2.38. The van der Waals surface area contributed by atoms with Crippen LogP contribution in [0.1, 0.15) is 90.4 Å². The normalized spacial score (nSPS) is 39.3. The van der Waals surface area contributed by atoms with Gasteiger partial charge in [-0.15, -0.1) is 5.92 Å². The zero-order chi connectivity index (χ0) is 21.7. The van der Waals surface area contributed by atoms with Crippen molar-refractivity contribution in [3.05, 3.63) is 23.3 Å². The third kappa shape index (κ3) is 6.93. The maximum absolute atomic E-state index is 9.90. The van der Waals surface area contributed by atoms with Crippen LogP contribution in [-0.2, 0) is 9.47 Å². The molecule has 0 amide bonds. The maximum atomic E-state index is 9.90. The van der Waals surface area contributed by atoms with Gasteiger partial charge in [-0.05, 0) is 89.4 Å². The summed E-state index contributed by atoms with van der Waals surface area (Å²) < 4.78 is 11.5. The van der Waals surface area contributed by atoms with E-state index in [2.05, 4.69) is 24.0 Å². The lowest BCUT2D eigenvalue weighted by molar-refractivity contribution is -0.00969. The molecule has 0 aromatic carbocycles. The monoisotopic (exact) mass is 428 g/mol. The molecule has 3 atom stereocenters. The van der Waals surface area contributed by atoms with Crippen LogP contribution in [0.2, 0.25) is 0 Å². The molecule has 4 heteroatoms. The van der Waals surface area contributed by atoms with E-state index in [0.717, 1.165) is 26.1 Å². The Morgan fingerprint density at radius 3 is 2.52 bits per heavy atom. The van der Waals surface area contributed by atoms with Gasteiger partial charge in [0.05, 0.1) is 24.9 Å². The van der Waals surface area contributed by atoms with Crippen LogP contribution in [0.15, 0.2) is 23.3 Å². The van der Waals surface area contributed by atoms with Crippen molar-refractivity contribution in [1.82, 2.24) is 0 Å². The zero-order valence-electron chi connectivity index (χ0n) is 19.2. The van der Waals surface area contributed by atoms with Crippen molar-refractivity contribution < 1.29 is 19.7 Å². The van der Waals surface area contributed by atoms with Gasteiger partial charge in [-0.2, -0.15) is 0 Å². The number of epoxide rings is 1. The molecule has 4 nitrogen and oxygen atoms in total. The second-order valence-corrected chi connectivity index (χ2v) is 10.6. The first-order valence-corrected chi connectivity index (χ1v) is 12.4. The number of allylic oxidation sites excluding steroid dienone is 3. The molecule has 3 aliphatic carbocycles. The van der Waals surface area contributed by atoms with Crippen LogP contribution >= 0.6 is 0 Å². The number of rotatable bonds is 5. The highest BCUT2D eigenvalue weighted by Crippen LogP contribution is 2.49. The van der Waals surface area contributed by atoms with Gasteiger partial charge < -0.3 is 19.7 Å². The van der Waals surface area contributed by atoms with Crippen molar-refractivity contribution in [3.8, 4) is 11.8 Å².